The molecule has 4 nitrogen and oxygen atoms in total. The normalized spacial score (nSPS) is 10.2. The molecular weight excluding hydrogens is 300 g/mol. The van der Waals surface area contributed by atoms with Crippen molar-refractivity contribution in [2.75, 3.05) is 4.90 Å². The van der Waals surface area contributed by atoms with Gasteiger partial charge < -0.3 is 5.73 Å². The first-order valence-electron chi connectivity index (χ1n) is 7.51. The molecule has 0 radical (unpaired) electrons. The Hall–Kier alpha value is -3.40. The van der Waals surface area contributed by atoms with Gasteiger partial charge in [-0.1, -0.05) is 42.5 Å². The fourth-order valence-electron chi connectivity index (χ4n) is 2.47. The minimum atomic E-state index is -0.560. The van der Waals surface area contributed by atoms with Crippen LogP contribution in [-0.2, 0) is 0 Å². The number of nitrogens with zero attached hydrogens (tertiary/aromatic N) is 1. The van der Waals surface area contributed by atoms with Gasteiger partial charge >= 0.3 is 0 Å². The number of amides is 2. The molecule has 2 N–H and O–H groups in total. The van der Waals surface area contributed by atoms with Gasteiger partial charge in [0, 0.05) is 22.5 Å². The highest BCUT2D eigenvalue weighted by Crippen LogP contribution is 2.27. The average Bonchev–Trinajstić information content (AvgIpc) is 2.64. The summed E-state index contributed by atoms with van der Waals surface area (Å²) in [6.07, 6.45) is 0. The number of hydrogen-bond acceptors (Lipinski definition) is 2. The first-order chi connectivity index (χ1) is 11.7. The van der Waals surface area contributed by atoms with Gasteiger partial charge in [-0.3, -0.25) is 14.5 Å². The van der Waals surface area contributed by atoms with E-state index in [1.54, 1.807) is 23.1 Å². The van der Waals surface area contributed by atoms with E-state index in [0.29, 0.717) is 11.1 Å². The zero-order valence-electron chi connectivity index (χ0n) is 12.9. The van der Waals surface area contributed by atoms with E-state index in [-0.39, 0.29) is 5.91 Å². The van der Waals surface area contributed by atoms with Gasteiger partial charge in [-0.2, -0.15) is 0 Å². The van der Waals surface area contributed by atoms with Crippen LogP contribution in [0.2, 0.25) is 0 Å². The highest BCUT2D eigenvalue weighted by molar-refractivity contribution is 6.11. The number of nitrogens with two attached hydrogens (primary N) is 1. The van der Waals surface area contributed by atoms with Crippen molar-refractivity contribution in [2.24, 2.45) is 5.73 Å². The lowest BCUT2D eigenvalue weighted by atomic mass is 10.1. The number of rotatable bonds is 4. The van der Waals surface area contributed by atoms with Crippen LogP contribution < -0.4 is 10.6 Å². The maximum Gasteiger partial charge on any atom is 0.262 e. The van der Waals surface area contributed by atoms with E-state index in [1.807, 2.05) is 60.7 Å². The number of benzene rings is 3. The van der Waals surface area contributed by atoms with Crippen LogP contribution in [0.4, 0.5) is 11.4 Å². The summed E-state index contributed by atoms with van der Waals surface area (Å²) < 4.78 is 0. The molecule has 2 amide bonds. The summed E-state index contributed by atoms with van der Waals surface area (Å²) in [7, 11) is 0. The molecule has 4 heteroatoms. The number of primary amides is 1. The molecule has 0 unspecified atom stereocenters. The van der Waals surface area contributed by atoms with Crippen molar-refractivity contribution in [3.8, 4) is 0 Å². The van der Waals surface area contributed by atoms with Crippen LogP contribution in [0.3, 0.4) is 0 Å². The summed E-state index contributed by atoms with van der Waals surface area (Å²) in [4.78, 5) is 26.1. The number of anilines is 2. The summed E-state index contributed by atoms with van der Waals surface area (Å²) >= 11 is 0. The second kappa shape index (κ2) is 6.79. The minimum Gasteiger partial charge on any atom is -0.366 e. The number of hydrogen-bond donors (Lipinski definition) is 1. The standard InChI is InChI=1S/C20H16N2O2/c21-19(23)15-8-7-9-16(14-15)20(24)22(17-10-3-1-4-11-17)18-12-5-2-6-13-18/h1-14H,(H2,21,23). The summed E-state index contributed by atoms with van der Waals surface area (Å²) in [5.41, 5.74) is 7.52. The van der Waals surface area contributed by atoms with Gasteiger partial charge in [-0.25, -0.2) is 0 Å². The van der Waals surface area contributed by atoms with Crippen LogP contribution >= 0.6 is 0 Å². The molecule has 0 aliphatic carbocycles. The molecule has 0 atom stereocenters. The quantitative estimate of drug-likeness (QED) is 0.796. The molecule has 0 saturated carbocycles. The SMILES string of the molecule is NC(=O)c1cccc(C(=O)N(c2ccccc2)c2ccccc2)c1. The molecule has 0 aliphatic heterocycles. The Morgan fingerprint density at radius 1 is 0.667 bits per heavy atom. The minimum absolute atomic E-state index is 0.226. The smallest absolute Gasteiger partial charge is 0.262 e. The van der Waals surface area contributed by atoms with E-state index < -0.39 is 5.91 Å². The second-order valence-corrected chi connectivity index (χ2v) is 5.26. The molecule has 3 aromatic rings. The van der Waals surface area contributed by atoms with E-state index in [0.717, 1.165) is 11.4 Å². The van der Waals surface area contributed by atoms with Crippen molar-refractivity contribution in [3.05, 3.63) is 96.1 Å². The monoisotopic (exact) mass is 316 g/mol. The summed E-state index contributed by atoms with van der Waals surface area (Å²) in [6.45, 7) is 0. The van der Waals surface area contributed by atoms with Crippen molar-refractivity contribution < 1.29 is 9.59 Å². The van der Waals surface area contributed by atoms with Crippen molar-refractivity contribution in [1.82, 2.24) is 0 Å². The maximum absolute atomic E-state index is 13.1. The van der Waals surface area contributed by atoms with Gasteiger partial charge in [0.2, 0.25) is 5.91 Å². The van der Waals surface area contributed by atoms with Crippen molar-refractivity contribution >= 4 is 23.2 Å². The van der Waals surface area contributed by atoms with Crippen molar-refractivity contribution in [2.45, 2.75) is 0 Å². The number of carbonyl (C=O) groups excluding carboxylic acids is 2. The number of para-hydroxylation sites is 2. The van der Waals surface area contributed by atoms with Crippen molar-refractivity contribution in [3.63, 3.8) is 0 Å². The Bertz CT molecular complexity index is 822. The predicted octanol–water partition coefficient (Wildman–Crippen LogP) is 3.76. The van der Waals surface area contributed by atoms with Crippen LogP contribution in [0, 0.1) is 0 Å². The molecule has 0 heterocycles. The molecule has 3 aromatic carbocycles. The van der Waals surface area contributed by atoms with E-state index in [9.17, 15) is 9.59 Å². The summed E-state index contributed by atoms with van der Waals surface area (Å²) in [6, 6.07) is 25.2. The Morgan fingerprint density at radius 2 is 1.17 bits per heavy atom. The molecule has 0 fully saturated rings. The van der Waals surface area contributed by atoms with Gasteiger partial charge in [-0.05, 0) is 42.5 Å². The lowest BCUT2D eigenvalue weighted by molar-refractivity contribution is 0.0998. The second-order valence-electron chi connectivity index (χ2n) is 5.26. The third-order valence-electron chi connectivity index (χ3n) is 3.63. The summed E-state index contributed by atoms with van der Waals surface area (Å²) in [5.74, 6) is -0.786. The third-order valence-corrected chi connectivity index (χ3v) is 3.63. The maximum atomic E-state index is 13.1. The molecule has 0 aliphatic rings. The van der Waals surface area contributed by atoms with Crippen LogP contribution in [0.5, 0.6) is 0 Å². The average molecular weight is 316 g/mol. The number of carbonyl (C=O) groups is 2. The van der Waals surface area contributed by atoms with Gasteiger partial charge in [0.1, 0.15) is 0 Å². The Balaban J connectivity index is 2.08. The van der Waals surface area contributed by atoms with Gasteiger partial charge in [-0.15, -0.1) is 0 Å². The largest absolute Gasteiger partial charge is 0.366 e. The van der Waals surface area contributed by atoms with Crippen LogP contribution in [0.1, 0.15) is 20.7 Å². The molecule has 0 aromatic heterocycles. The van der Waals surface area contributed by atoms with Crippen molar-refractivity contribution in [1.29, 1.82) is 0 Å². The fraction of sp³-hybridized carbons (Fsp3) is 0. The molecular formula is C20H16N2O2. The van der Waals surface area contributed by atoms with E-state index >= 15 is 0 Å². The van der Waals surface area contributed by atoms with Crippen LogP contribution in [-0.4, -0.2) is 11.8 Å². The Morgan fingerprint density at radius 3 is 1.67 bits per heavy atom. The Kier molecular flexibility index (Phi) is 4.38. The molecule has 118 valence electrons. The van der Waals surface area contributed by atoms with Gasteiger partial charge in [0.15, 0.2) is 0 Å². The summed E-state index contributed by atoms with van der Waals surface area (Å²) in [5, 5.41) is 0. The zero-order chi connectivity index (χ0) is 16.9. The first kappa shape index (κ1) is 15.5. The molecule has 24 heavy (non-hydrogen) atoms. The zero-order valence-corrected chi connectivity index (χ0v) is 12.9. The van der Waals surface area contributed by atoms with Crippen LogP contribution in [0.25, 0.3) is 0 Å². The topological polar surface area (TPSA) is 63.4 Å². The predicted molar refractivity (Wildman–Crippen MR) is 94.3 cm³/mol. The lowest BCUT2D eigenvalue weighted by Gasteiger charge is -2.23. The highest BCUT2D eigenvalue weighted by atomic mass is 16.2. The lowest BCUT2D eigenvalue weighted by Crippen LogP contribution is -2.26. The van der Waals surface area contributed by atoms with E-state index in [2.05, 4.69) is 0 Å². The molecule has 0 spiro atoms. The van der Waals surface area contributed by atoms with E-state index in [4.69, 9.17) is 5.73 Å². The van der Waals surface area contributed by atoms with Gasteiger partial charge in [0.05, 0.1) is 0 Å². The van der Waals surface area contributed by atoms with E-state index in [1.165, 1.54) is 6.07 Å². The van der Waals surface area contributed by atoms with Gasteiger partial charge in [0.25, 0.3) is 5.91 Å². The molecule has 0 saturated heterocycles. The Labute approximate surface area is 140 Å². The third kappa shape index (κ3) is 3.17. The molecule has 3 rings (SSSR count). The highest BCUT2D eigenvalue weighted by Gasteiger charge is 2.20. The molecule has 0 bridgehead atoms. The fourth-order valence-corrected chi connectivity index (χ4v) is 2.47. The van der Waals surface area contributed by atoms with Crippen LogP contribution in [0.15, 0.2) is 84.9 Å². The first-order valence-corrected chi connectivity index (χ1v) is 7.51.